The molecule has 3 nitrogen and oxygen atoms in total. The SMILES string of the molecule is CC[C@H](C)Oc1ccc(NC(=O)C(F)(F)F)cc1C. The first kappa shape index (κ1) is 15.3. The first-order valence-corrected chi connectivity index (χ1v) is 5.89. The molecule has 0 aliphatic heterocycles. The number of hydrogen-bond donors (Lipinski definition) is 1. The largest absolute Gasteiger partial charge is 0.490 e. The Morgan fingerprint density at radius 3 is 2.53 bits per heavy atom. The van der Waals surface area contributed by atoms with Crippen molar-refractivity contribution in [1.29, 1.82) is 0 Å². The predicted molar refractivity (Wildman–Crippen MR) is 66.2 cm³/mol. The minimum absolute atomic E-state index is 0.0225. The summed E-state index contributed by atoms with van der Waals surface area (Å²) in [6.45, 7) is 5.58. The van der Waals surface area contributed by atoms with Gasteiger partial charge in [-0.2, -0.15) is 13.2 Å². The van der Waals surface area contributed by atoms with E-state index in [2.05, 4.69) is 0 Å². The third-order valence-electron chi connectivity index (χ3n) is 2.59. The molecule has 0 heterocycles. The molecule has 0 aliphatic rings. The smallest absolute Gasteiger partial charge is 0.471 e. The maximum atomic E-state index is 12.1. The number of carbonyl (C=O) groups is 1. The van der Waals surface area contributed by atoms with Crippen LogP contribution in [0.1, 0.15) is 25.8 Å². The highest BCUT2D eigenvalue weighted by Crippen LogP contribution is 2.25. The van der Waals surface area contributed by atoms with E-state index in [9.17, 15) is 18.0 Å². The molecule has 106 valence electrons. The molecule has 1 aromatic rings. The lowest BCUT2D eigenvalue weighted by molar-refractivity contribution is -0.167. The number of halogens is 3. The maximum absolute atomic E-state index is 12.1. The first-order chi connectivity index (χ1) is 8.74. The normalized spacial score (nSPS) is 12.9. The summed E-state index contributed by atoms with van der Waals surface area (Å²) in [5.41, 5.74) is 0.761. The first-order valence-electron chi connectivity index (χ1n) is 5.89. The molecule has 0 saturated heterocycles. The van der Waals surface area contributed by atoms with Gasteiger partial charge in [0.15, 0.2) is 0 Å². The Hall–Kier alpha value is -1.72. The number of benzene rings is 1. The zero-order valence-corrected chi connectivity index (χ0v) is 11.0. The Labute approximate surface area is 109 Å². The van der Waals surface area contributed by atoms with E-state index in [1.165, 1.54) is 12.1 Å². The highest BCUT2D eigenvalue weighted by atomic mass is 19.4. The predicted octanol–water partition coefficient (Wildman–Crippen LogP) is 3.67. The lowest BCUT2D eigenvalue weighted by Crippen LogP contribution is -2.29. The van der Waals surface area contributed by atoms with E-state index < -0.39 is 12.1 Å². The number of anilines is 1. The van der Waals surface area contributed by atoms with Crippen molar-refractivity contribution in [1.82, 2.24) is 0 Å². The number of amides is 1. The number of carbonyl (C=O) groups excluding carboxylic acids is 1. The summed E-state index contributed by atoms with van der Waals surface area (Å²) < 4.78 is 41.9. The van der Waals surface area contributed by atoms with Gasteiger partial charge in [-0.15, -0.1) is 0 Å². The second-order valence-corrected chi connectivity index (χ2v) is 4.27. The highest BCUT2D eigenvalue weighted by Gasteiger charge is 2.38. The van der Waals surface area contributed by atoms with Crippen molar-refractivity contribution in [2.75, 3.05) is 5.32 Å². The van der Waals surface area contributed by atoms with Gasteiger partial charge in [0, 0.05) is 5.69 Å². The van der Waals surface area contributed by atoms with Crippen LogP contribution in [0, 0.1) is 6.92 Å². The van der Waals surface area contributed by atoms with Crippen LogP contribution >= 0.6 is 0 Å². The van der Waals surface area contributed by atoms with Crippen LogP contribution in [0.3, 0.4) is 0 Å². The quantitative estimate of drug-likeness (QED) is 0.910. The van der Waals surface area contributed by atoms with Crippen molar-refractivity contribution >= 4 is 11.6 Å². The van der Waals surface area contributed by atoms with Crippen LogP contribution in [0.15, 0.2) is 18.2 Å². The van der Waals surface area contributed by atoms with Crippen LogP contribution in [0.4, 0.5) is 18.9 Å². The van der Waals surface area contributed by atoms with Crippen molar-refractivity contribution in [2.45, 2.75) is 39.5 Å². The molecule has 0 unspecified atom stereocenters. The maximum Gasteiger partial charge on any atom is 0.471 e. The highest BCUT2D eigenvalue weighted by molar-refractivity contribution is 5.95. The van der Waals surface area contributed by atoms with Crippen molar-refractivity contribution in [2.24, 2.45) is 0 Å². The fourth-order valence-corrected chi connectivity index (χ4v) is 1.36. The summed E-state index contributed by atoms with van der Waals surface area (Å²) in [7, 11) is 0. The lowest BCUT2D eigenvalue weighted by Gasteiger charge is -2.16. The van der Waals surface area contributed by atoms with Crippen LogP contribution in [0.25, 0.3) is 0 Å². The molecule has 0 saturated carbocycles. The topological polar surface area (TPSA) is 38.3 Å². The van der Waals surface area contributed by atoms with Gasteiger partial charge in [0.05, 0.1) is 6.10 Å². The fourth-order valence-electron chi connectivity index (χ4n) is 1.36. The fraction of sp³-hybridized carbons (Fsp3) is 0.462. The van der Waals surface area contributed by atoms with Crippen molar-refractivity contribution in [3.8, 4) is 5.75 Å². The molecule has 0 aliphatic carbocycles. The number of aryl methyl sites for hydroxylation is 1. The van der Waals surface area contributed by atoms with Crippen LogP contribution in [-0.2, 0) is 4.79 Å². The van der Waals surface area contributed by atoms with E-state index in [0.29, 0.717) is 11.3 Å². The molecule has 6 heteroatoms. The Morgan fingerprint density at radius 2 is 2.05 bits per heavy atom. The second kappa shape index (κ2) is 5.95. The molecule has 19 heavy (non-hydrogen) atoms. The third kappa shape index (κ3) is 4.46. The minimum atomic E-state index is -4.89. The Bertz CT molecular complexity index is 458. The summed E-state index contributed by atoms with van der Waals surface area (Å²) in [6, 6.07) is 4.38. The average molecular weight is 275 g/mol. The van der Waals surface area contributed by atoms with Gasteiger partial charge in [-0.1, -0.05) is 6.92 Å². The van der Waals surface area contributed by atoms with E-state index in [1.54, 1.807) is 18.3 Å². The Morgan fingerprint density at radius 1 is 1.42 bits per heavy atom. The summed E-state index contributed by atoms with van der Waals surface area (Å²) >= 11 is 0. The van der Waals surface area contributed by atoms with Gasteiger partial charge in [0.25, 0.3) is 0 Å². The summed E-state index contributed by atoms with van der Waals surface area (Å²) in [5, 5.41) is 1.80. The van der Waals surface area contributed by atoms with Crippen molar-refractivity contribution in [3.63, 3.8) is 0 Å². The minimum Gasteiger partial charge on any atom is -0.490 e. The molecular weight excluding hydrogens is 259 g/mol. The van der Waals surface area contributed by atoms with Crippen LogP contribution in [0.2, 0.25) is 0 Å². The third-order valence-corrected chi connectivity index (χ3v) is 2.59. The Balaban J connectivity index is 2.80. The molecule has 1 rings (SSSR count). The van der Waals surface area contributed by atoms with Crippen molar-refractivity contribution < 1.29 is 22.7 Å². The van der Waals surface area contributed by atoms with E-state index in [-0.39, 0.29) is 11.8 Å². The molecular formula is C13H16F3NO2. The van der Waals surface area contributed by atoms with E-state index in [0.717, 1.165) is 6.42 Å². The van der Waals surface area contributed by atoms with E-state index in [1.807, 2.05) is 13.8 Å². The van der Waals surface area contributed by atoms with Gasteiger partial charge in [-0.05, 0) is 44.0 Å². The standard InChI is InChI=1S/C13H16F3NO2/c1-4-9(3)19-11-6-5-10(7-8(11)2)17-12(18)13(14,15)16/h5-7,9H,4H2,1-3H3,(H,17,18)/t9-/m0/s1. The molecule has 1 atom stereocenters. The average Bonchev–Trinajstić information content (AvgIpc) is 2.31. The summed E-state index contributed by atoms with van der Waals surface area (Å²) in [5.74, 6) is -1.39. The lowest BCUT2D eigenvalue weighted by atomic mass is 10.2. The van der Waals surface area contributed by atoms with Crippen LogP contribution in [0.5, 0.6) is 5.75 Å². The van der Waals surface area contributed by atoms with Crippen molar-refractivity contribution in [3.05, 3.63) is 23.8 Å². The summed E-state index contributed by atoms with van der Waals surface area (Å²) in [6.07, 6.45) is -4.04. The molecule has 1 amide bonds. The van der Waals surface area contributed by atoms with Crippen LogP contribution in [-0.4, -0.2) is 18.2 Å². The van der Waals surface area contributed by atoms with E-state index in [4.69, 9.17) is 4.74 Å². The zero-order valence-electron chi connectivity index (χ0n) is 11.0. The second-order valence-electron chi connectivity index (χ2n) is 4.27. The van der Waals surface area contributed by atoms with Crippen LogP contribution < -0.4 is 10.1 Å². The monoisotopic (exact) mass is 275 g/mol. The molecule has 1 aromatic carbocycles. The van der Waals surface area contributed by atoms with Gasteiger partial charge in [-0.3, -0.25) is 4.79 Å². The van der Waals surface area contributed by atoms with Gasteiger partial charge in [0.1, 0.15) is 5.75 Å². The van der Waals surface area contributed by atoms with E-state index >= 15 is 0 Å². The molecule has 0 spiro atoms. The molecule has 0 fully saturated rings. The van der Waals surface area contributed by atoms with Gasteiger partial charge < -0.3 is 10.1 Å². The molecule has 1 N–H and O–H groups in total. The molecule has 0 aromatic heterocycles. The van der Waals surface area contributed by atoms with Gasteiger partial charge in [-0.25, -0.2) is 0 Å². The zero-order chi connectivity index (χ0) is 14.6. The number of alkyl halides is 3. The number of hydrogen-bond acceptors (Lipinski definition) is 2. The molecule has 0 radical (unpaired) electrons. The number of nitrogens with one attached hydrogen (secondary N) is 1. The molecule has 0 bridgehead atoms. The van der Waals surface area contributed by atoms with Gasteiger partial charge >= 0.3 is 12.1 Å². The summed E-state index contributed by atoms with van der Waals surface area (Å²) in [4.78, 5) is 10.8. The van der Waals surface area contributed by atoms with Gasteiger partial charge in [0.2, 0.25) is 0 Å². The number of rotatable bonds is 4. The number of ether oxygens (including phenoxy) is 1. The Kier molecular flexibility index (Phi) is 4.80.